The SMILES string of the molecule is CCOc1cccc(N2CC3(CCCC(CO)(Cn4cnc5ccc(C#N)cc54)C3)OC2=O)c1. The largest absolute Gasteiger partial charge is 0.494 e. The van der Waals surface area contributed by atoms with E-state index in [0.29, 0.717) is 37.4 Å². The van der Waals surface area contributed by atoms with Gasteiger partial charge >= 0.3 is 6.09 Å². The first kappa shape index (κ1) is 22.2. The lowest BCUT2D eigenvalue weighted by Crippen LogP contribution is -2.47. The Morgan fingerprint density at radius 2 is 2.15 bits per heavy atom. The molecule has 1 aromatic heterocycles. The van der Waals surface area contributed by atoms with Crippen molar-refractivity contribution in [1.82, 2.24) is 9.55 Å². The summed E-state index contributed by atoms with van der Waals surface area (Å²) in [5, 5.41) is 19.8. The second-order valence-corrected chi connectivity index (χ2v) is 9.44. The number of amides is 1. The zero-order valence-corrected chi connectivity index (χ0v) is 19.2. The number of ether oxygens (including phenoxy) is 2. The highest BCUT2D eigenvalue weighted by atomic mass is 16.6. The molecule has 3 aromatic rings. The molecule has 2 unspecified atom stereocenters. The molecule has 1 aliphatic heterocycles. The Hall–Kier alpha value is -3.57. The molecule has 5 rings (SSSR count). The first-order valence-corrected chi connectivity index (χ1v) is 11.7. The van der Waals surface area contributed by atoms with Crippen LogP contribution in [0.4, 0.5) is 10.5 Å². The zero-order chi connectivity index (χ0) is 23.8. The molecule has 34 heavy (non-hydrogen) atoms. The van der Waals surface area contributed by atoms with E-state index in [0.717, 1.165) is 36.0 Å². The molecule has 1 N–H and O–H groups in total. The van der Waals surface area contributed by atoms with E-state index in [1.807, 2.05) is 47.9 Å². The summed E-state index contributed by atoms with van der Waals surface area (Å²) >= 11 is 0. The topological polar surface area (TPSA) is 101 Å². The Balaban J connectivity index is 1.40. The van der Waals surface area contributed by atoms with Gasteiger partial charge in [0.15, 0.2) is 0 Å². The van der Waals surface area contributed by atoms with Crippen molar-refractivity contribution in [2.75, 3.05) is 24.7 Å². The molecule has 0 radical (unpaired) electrons. The molecule has 2 fully saturated rings. The number of imidazole rings is 1. The molecule has 1 saturated heterocycles. The Kier molecular flexibility index (Phi) is 5.66. The van der Waals surface area contributed by atoms with Gasteiger partial charge in [-0.1, -0.05) is 6.07 Å². The summed E-state index contributed by atoms with van der Waals surface area (Å²) in [5.74, 6) is 0.714. The number of fused-ring (bicyclic) bond motifs is 1. The van der Waals surface area contributed by atoms with Crippen LogP contribution >= 0.6 is 0 Å². The van der Waals surface area contributed by atoms with Gasteiger partial charge in [0.25, 0.3) is 0 Å². The van der Waals surface area contributed by atoms with Gasteiger partial charge in [-0.15, -0.1) is 0 Å². The summed E-state index contributed by atoms with van der Waals surface area (Å²) in [6.45, 7) is 3.42. The lowest BCUT2D eigenvalue weighted by molar-refractivity contribution is -0.0541. The van der Waals surface area contributed by atoms with Crippen LogP contribution in [0.5, 0.6) is 5.75 Å². The van der Waals surface area contributed by atoms with Gasteiger partial charge in [-0.3, -0.25) is 4.90 Å². The fourth-order valence-corrected chi connectivity index (χ4v) is 5.53. The number of aromatic nitrogens is 2. The molecule has 1 saturated carbocycles. The lowest BCUT2D eigenvalue weighted by atomic mass is 9.67. The molecule has 2 heterocycles. The summed E-state index contributed by atoms with van der Waals surface area (Å²) in [6.07, 6.45) is 4.37. The summed E-state index contributed by atoms with van der Waals surface area (Å²) < 4.78 is 13.6. The van der Waals surface area contributed by atoms with Crippen molar-refractivity contribution in [3.63, 3.8) is 0 Å². The van der Waals surface area contributed by atoms with E-state index in [2.05, 4.69) is 11.1 Å². The quantitative estimate of drug-likeness (QED) is 0.590. The molecule has 1 amide bonds. The van der Waals surface area contributed by atoms with Gasteiger partial charge in [0.1, 0.15) is 11.4 Å². The van der Waals surface area contributed by atoms with Crippen molar-refractivity contribution >= 4 is 22.8 Å². The molecule has 8 heteroatoms. The molecular weight excluding hydrogens is 432 g/mol. The number of benzene rings is 2. The number of carbonyl (C=O) groups is 1. The Morgan fingerprint density at radius 3 is 2.94 bits per heavy atom. The maximum Gasteiger partial charge on any atom is 0.415 e. The first-order chi connectivity index (χ1) is 16.5. The van der Waals surface area contributed by atoms with Gasteiger partial charge in [0, 0.05) is 18.0 Å². The number of nitrogens with zero attached hydrogens (tertiary/aromatic N) is 4. The van der Waals surface area contributed by atoms with Crippen LogP contribution in [0.25, 0.3) is 11.0 Å². The molecule has 8 nitrogen and oxygen atoms in total. The third kappa shape index (κ3) is 3.97. The highest BCUT2D eigenvalue weighted by Gasteiger charge is 2.53. The molecule has 2 atom stereocenters. The molecule has 2 aliphatic rings. The minimum atomic E-state index is -0.659. The average molecular weight is 461 g/mol. The van der Waals surface area contributed by atoms with Gasteiger partial charge in [-0.25, -0.2) is 9.78 Å². The molecule has 176 valence electrons. The maximum absolute atomic E-state index is 12.9. The van der Waals surface area contributed by atoms with Crippen molar-refractivity contribution in [3.8, 4) is 11.8 Å². The van der Waals surface area contributed by atoms with E-state index in [4.69, 9.17) is 9.47 Å². The van der Waals surface area contributed by atoms with E-state index in [9.17, 15) is 15.2 Å². The highest BCUT2D eigenvalue weighted by Crippen LogP contribution is 2.48. The van der Waals surface area contributed by atoms with Gasteiger partial charge in [0.05, 0.1) is 54.4 Å². The van der Waals surface area contributed by atoms with Crippen LogP contribution in [0.2, 0.25) is 0 Å². The van der Waals surface area contributed by atoms with Gasteiger partial charge in [-0.2, -0.15) is 5.26 Å². The Labute approximate surface area is 198 Å². The first-order valence-electron chi connectivity index (χ1n) is 11.7. The number of carbonyl (C=O) groups excluding carboxylic acids is 1. The number of anilines is 1. The van der Waals surface area contributed by atoms with E-state index in [-0.39, 0.29) is 12.7 Å². The molecular formula is C26H28N4O4. The van der Waals surface area contributed by atoms with Crippen LogP contribution < -0.4 is 9.64 Å². The third-order valence-corrected chi connectivity index (χ3v) is 7.04. The van der Waals surface area contributed by atoms with Crippen LogP contribution in [0, 0.1) is 16.7 Å². The predicted octanol–water partition coefficient (Wildman–Crippen LogP) is 4.25. The van der Waals surface area contributed by atoms with Crippen molar-refractivity contribution in [1.29, 1.82) is 5.26 Å². The van der Waals surface area contributed by atoms with Crippen molar-refractivity contribution in [3.05, 3.63) is 54.4 Å². The summed E-state index contributed by atoms with van der Waals surface area (Å²) in [5.41, 5.74) is 1.88. The summed E-state index contributed by atoms with van der Waals surface area (Å²) in [7, 11) is 0. The second kappa shape index (κ2) is 8.65. The molecule has 0 bridgehead atoms. The number of aliphatic hydroxyl groups excluding tert-OH is 1. The third-order valence-electron chi connectivity index (χ3n) is 7.04. The maximum atomic E-state index is 12.9. The predicted molar refractivity (Wildman–Crippen MR) is 127 cm³/mol. The van der Waals surface area contributed by atoms with Gasteiger partial charge in [0.2, 0.25) is 0 Å². The molecule has 1 spiro atoms. The number of hydrogen-bond donors (Lipinski definition) is 1. The second-order valence-electron chi connectivity index (χ2n) is 9.44. The normalized spacial score (nSPS) is 24.4. The van der Waals surface area contributed by atoms with Crippen molar-refractivity contribution < 1.29 is 19.4 Å². The fraction of sp³-hybridized carbons (Fsp3) is 0.423. The van der Waals surface area contributed by atoms with Gasteiger partial charge < -0.3 is 19.1 Å². The number of aliphatic hydroxyl groups is 1. The number of rotatable bonds is 6. The van der Waals surface area contributed by atoms with Crippen LogP contribution in [-0.2, 0) is 11.3 Å². The van der Waals surface area contributed by atoms with E-state index in [1.54, 1.807) is 17.3 Å². The average Bonchev–Trinajstić information content (AvgIpc) is 3.39. The van der Waals surface area contributed by atoms with Crippen molar-refractivity contribution in [2.45, 2.75) is 44.8 Å². The fourth-order valence-electron chi connectivity index (χ4n) is 5.53. The van der Waals surface area contributed by atoms with Crippen molar-refractivity contribution in [2.24, 2.45) is 5.41 Å². The van der Waals surface area contributed by atoms with Crippen LogP contribution in [-0.4, -0.2) is 46.1 Å². The number of nitriles is 1. The highest BCUT2D eigenvalue weighted by molar-refractivity contribution is 5.90. The van der Waals surface area contributed by atoms with Crippen LogP contribution in [0.15, 0.2) is 48.8 Å². The monoisotopic (exact) mass is 460 g/mol. The molecule has 2 aromatic carbocycles. The van der Waals surface area contributed by atoms with E-state index < -0.39 is 11.0 Å². The van der Waals surface area contributed by atoms with E-state index >= 15 is 0 Å². The lowest BCUT2D eigenvalue weighted by Gasteiger charge is -2.44. The summed E-state index contributed by atoms with van der Waals surface area (Å²) in [6, 6.07) is 15.1. The Bertz CT molecular complexity index is 1270. The zero-order valence-electron chi connectivity index (χ0n) is 19.2. The van der Waals surface area contributed by atoms with E-state index in [1.165, 1.54) is 0 Å². The van der Waals surface area contributed by atoms with Crippen LogP contribution in [0.3, 0.4) is 0 Å². The standard InChI is InChI=1S/C26H28N4O4/c1-2-33-21-6-3-5-20(12-21)30-16-26(34-24(30)32)10-4-9-25(14-26,17-31)15-29-18-28-22-8-7-19(13-27)11-23(22)29/h3,5-8,11-12,18,31H,2,4,9-10,14-17H2,1H3. The summed E-state index contributed by atoms with van der Waals surface area (Å²) in [4.78, 5) is 19.1. The minimum Gasteiger partial charge on any atom is -0.494 e. The minimum absolute atomic E-state index is 0.0241. The number of hydrogen-bond acceptors (Lipinski definition) is 6. The Morgan fingerprint density at radius 1 is 1.26 bits per heavy atom. The molecule has 1 aliphatic carbocycles. The smallest absolute Gasteiger partial charge is 0.415 e. The van der Waals surface area contributed by atoms with Gasteiger partial charge in [-0.05, 0) is 62.9 Å². The van der Waals surface area contributed by atoms with Crippen LogP contribution in [0.1, 0.15) is 38.2 Å².